The van der Waals surface area contributed by atoms with E-state index in [0.717, 1.165) is 50.9 Å². The van der Waals surface area contributed by atoms with E-state index in [1.807, 2.05) is 11.0 Å². The van der Waals surface area contributed by atoms with Crippen molar-refractivity contribution < 1.29 is 4.79 Å². The van der Waals surface area contributed by atoms with Gasteiger partial charge in [0.2, 0.25) is 11.9 Å². The van der Waals surface area contributed by atoms with Gasteiger partial charge in [-0.25, -0.2) is 9.97 Å². The van der Waals surface area contributed by atoms with Crippen LogP contribution in [-0.4, -0.2) is 66.6 Å². The summed E-state index contributed by atoms with van der Waals surface area (Å²) in [4.78, 5) is 27.4. The molecule has 1 aliphatic heterocycles. The molecule has 150 valence electrons. The second-order valence-electron chi connectivity index (χ2n) is 6.81. The summed E-state index contributed by atoms with van der Waals surface area (Å²) in [7, 11) is 0. The molecule has 0 spiro atoms. The number of amides is 1. The zero-order valence-corrected chi connectivity index (χ0v) is 16.8. The topological polar surface area (TPSA) is 64.6 Å². The normalized spacial score (nSPS) is 14.1. The molecule has 0 saturated carbocycles. The van der Waals surface area contributed by atoms with E-state index in [0.29, 0.717) is 13.0 Å². The van der Waals surface area contributed by atoms with Gasteiger partial charge in [-0.2, -0.15) is 0 Å². The van der Waals surface area contributed by atoms with Gasteiger partial charge in [0, 0.05) is 76.0 Å². The molecule has 1 aliphatic rings. The largest absolute Gasteiger partial charge is 0.385 e. The first-order valence-corrected chi connectivity index (χ1v) is 10.1. The zero-order valence-electron chi connectivity index (χ0n) is 16.8. The molecule has 1 saturated heterocycles. The Morgan fingerprint density at radius 1 is 1.04 bits per heavy atom. The van der Waals surface area contributed by atoms with Gasteiger partial charge in [0.1, 0.15) is 0 Å². The second kappa shape index (κ2) is 9.92. The minimum absolute atomic E-state index is 0.195. The van der Waals surface area contributed by atoms with E-state index in [1.165, 1.54) is 5.69 Å². The molecule has 28 heavy (non-hydrogen) atoms. The third-order valence-electron chi connectivity index (χ3n) is 5.13. The number of nitrogens with zero attached hydrogens (tertiary/aromatic N) is 5. The number of carbonyl (C=O) groups is 1. The Morgan fingerprint density at radius 2 is 1.68 bits per heavy atom. The predicted molar refractivity (Wildman–Crippen MR) is 114 cm³/mol. The molecular formula is C21H30N6O. The van der Waals surface area contributed by atoms with Crippen molar-refractivity contribution in [2.24, 2.45) is 0 Å². The van der Waals surface area contributed by atoms with E-state index in [1.54, 1.807) is 12.4 Å². The van der Waals surface area contributed by atoms with E-state index in [2.05, 4.69) is 63.2 Å². The quantitative estimate of drug-likeness (QED) is 0.757. The Bertz CT molecular complexity index is 724. The maximum absolute atomic E-state index is 12.5. The van der Waals surface area contributed by atoms with Crippen molar-refractivity contribution >= 4 is 23.2 Å². The lowest BCUT2D eigenvalue weighted by Gasteiger charge is -2.34. The minimum atomic E-state index is 0.195. The fourth-order valence-electron chi connectivity index (χ4n) is 3.46. The molecule has 2 aromatic rings. The molecule has 3 rings (SSSR count). The van der Waals surface area contributed by atoms with Gasteiger partial charge in [0.25, 0.3) is 0 Å². The first-order chi connectivity index (χ1) is 13.7. The van der Waals surface area contributed by atoms with E-state index >= 15 is 0 Å². The van der Waals surface area contributed by atoms with Crippen LogP contribution in [0.25, 0.3) is 0 Å². The zero-order chi connectivity index (χ0) is 19.8. The first-order valence-electron chi connectivity index (χ1n) is 10.1. The SMILES string of the molecule is CCN(CC)c1ccc(NCCC(=O)N2CCN(c3ncccn3)CC2)cc1. The van der Waals surface area contributed by atoms with Gasteiger partial charge in [-0.15, -0.1) is 0 Å². The number of benzene rings is 1. The lowest BCUT2D eigenvalue weighted by molar-refractivity contribution is -0.131. The summed E-state index contributed by atoms with van der Waals surface area (Å²) in [6, 6.07) is 10.2. The highest BCUT2D eigenvalue weighted by atomic mass is 16.2. The number of hydrogen-bond donors (Lipinski definition) is 1. The van der Waals surface area contributed by atoms with Crippen LogP contribution in [0.3, 0.4) is 0 Å². The number of carbonyl (C=O) groups excluding carboxylic acids is 1. The van der Waals surface area contributed by atoms with Gasteiger partial charge in [-0.1, -0.05) is 0 Å². The summed E-state index contributed by atoms with van der Waals surface area (Å²) in [5, 5.41) is 3.36. The lowest BCUT2D eigenvalue weighted by Crippen LogP contribution is -2.49. The van der Waals surface area contributed by atoms with Crippen LogP contribution in [0, 0.1) is 0 Å². The van der Waals surface area contributed by atoms with E-state index in [-0.39, 0.29) is 5.91 Å². The smallest absolute Gasteiger partial charge is 0.225 e. The standard InChI is InChI=1S/C21H30N6O/c1-3-25(4-2)19-8-6-18(7-9-19)22-13-10-20(28)26-14-16-27(17-15-26)21-23-11-5-12-24-21/h5-9,11-12,22H,3-4,10,13-17H2,1-2H3. The highest BCUT2D eigenvalue weighted by Gasteiger charge is 2.21. The summed E-state index contributed by atoms with van der Waals surface area (Å²) in [6.45, 7) is 9.95. The van der Waals surface area contributed by atoms with E-state index in [4.69, 9.17) is 0 Å². The van der Waals surface area contributed by atoms with Crippen LogP contribution in [0.5, 0.6) is 0 Å². The molecule has 1 amide bonds. The molecule has 0 atom stereocenters. The van der Waals surface area contributed by atoms with Crippen LogP contribution in [0.2, 0.25) is 0 Å². The average Bonchev–Trinajstić information content (AvgIpc) is 2.76. The van der Waals surface area contributed by atoms with Crippen molar-refractivity contribution in [3.8, 4) is 0 Å². The maximum atomic E-state index is 12.5. The van der Waals surface area contributed by atoms with Crippen molar-refractivity contribution in [3.05, 3.63) is 42.7 Å². The number of nitrogens with one attached hydrogen (secondary N) is 1. The molecule has 1 aromatic carbocycles. The van der Waals surface area contributed by atoms with Gasteiger partial charge in [0.15, 0.2) is 0 Å². The summed E-state index contributed by atoms with van der Waals surface area (Å²) < 4.78 is 0. The van der Waals surface area contributed by atoms with Crippen molar-refractivity contribution in [1.29, 1.82) is 0 Å². The van der Waals surface area contributed by atoms with Crippen molar-refractivity contribution in [3.63, 3.8) is 0 Å². The summed E-state index contributed by atoms with van der Waals surface area (Å²) in [5.41, 5.74) is 2.28. The van der Waals surface area contributed by atoms with Crippen LogP contribution in [0.1, 0.15) is 20.3 Å². The Balaban J connectivity index is 1.40. The number of hydrogen-bond acceptors (Lipinski definition) is 6. The Kier molecular flexibility index (Phi) is 7.06. The average molecular weight is 383 g/mol. The highest BCUT2D eigenvalue weighted by molar-refractivity contribution is 5.77. The third-order valence-corrected chi connectivity index (χ3v) is 5.13. The Morgan fingerprint density at radius 3 is 2.29 bits per heavy atom. The van der Waals surface area contributed by atoms with Crippen LogP contribution in [0.4, 0.5) is 17.3 Å². The Labute approximate surface area is 167 Å². The molecule has 7 heteroatoms. The number of anilines is 3. The third kappa shape index (κ3) is 5.12. The fraction of sp³-hybridized carbons (Fsp3) is 0.476. The minimum Gasteiger partial charge on any atom is -0.385 e. The van der Waals surface area contributed by atoms with Crippen LogP contribution in [-0.2, 0) is 4.79 Å². The molecule has 0 unspecified atom stereocenters. The second-order valence-corrected chi connectivity index (χ2v) is 6.81. The van der Waals surface area contributed by atoms with Crippen LogP contribution in [0.15, 0.2) is 42.7 Å². The fourth-order valence-corrected chi connectivity index (χ4v) is 3.46. The molecule has 7 nitrogen and oxygen atoms in total. The van der Waals surface area contributed by atoms with Gasteiger partial charge >= 0.3 is 0 Å². The summed E-state index contributed by atoms with van der Waals surface area (Å²) in [5.74, 6) is 0.935. The molecular weight excluding hydrogens is 352 g/mol. The van der Waals surface area contributed by atoms with Crippen LogP contribution < -0.4 is 15.1 Å². The highest BCUT2D eigenvalue weighted by Crippen LogP contribution is 2.18. The maximum Gasteiger partial charge on any atom is 0.225 e. The van der Waals surface area contributed by atoms with Gasteiger partial charge in [-0.05, 0) is 44.2 Å². The number of piperazine rings is 1. The number of rotatable bonds is 8. The molecule has 1 aromatic heterocycles. The summed E-state index contributed by atoms with van der Waals surface area (Å²) >= 11 is 0. The Hall–Kier alpha value is -2.83. The monoisotopic (exact) mass is 382 g/mol. The molecule has 2 heterocycles. The molecule has 1 fully saturated rings. The summed E-state index contributed by atoms with van der Waals surface area (Å²) in [6.07, 6.45) is 4.00. The van der Waals surface area contributed by atoms with E-state index in [9.17, 15) is 4.79 Å². The predicted octanol–water partition coefficient (Wildman–Crippen LogP) is 2.47. The van der Waals surface area contributed by atoms with Crippen LogP contribution >= 0.6 is 0 Å². The first kappa shape index (κ1) is 19.9. The van der Waals surface area contributed by atoms with Crippen molar-refractivity contribution in [2.45, 2.75) is 20.3 Å². The molecule has 0 aliphatic carbocycles. The number of aromatic nitrogens is 2. The van der Waals surface area contributed by atoms with E-state index < -0.39 is 0 Å². The lowest BCUT2D eigenvalue weighted by atomic mass is 10.2. The van der Waals surface area contributed by atoms with Crippen molar-refractivity contribution in [2.75, 3.05) is 60.9 Å². The molecule has 0 bridgehead atoms. The molecule has 1 N–H and O–H groups in total. The van der Waals surface area contributed by atoms with Gasteiger partial charge in [0.05, 0.1) is 0 Å². The van der Waals surface area contributed by atoms with Crippen molar-refractivity contribution in [1.82, 2.24) is 14.9 Å². The van der Waals surface area contributed by atoms with Gasteiger partial charge in [-0.3, -0.25) is 4.79 Å². The van der Waals surface area contributed by atoms with Gasteiger partial charge < -0.3 is 20.0 Å². The molecule has 0 radical (unpaired) electrons.